The number of rotatable bonds is 6. The third-order valence-corrected chi connectivity index (χ3v) is 4.30. The molecule has 0 aliphatic heterocycles. The number of hydrogen-bond acceptors (Lipinski definition) is 5. The summed E-state index contributed by atoms with van der Waals surface area (Å²) in [6.45, 7) is 0.367. The number of para-hydroxylation sites is 2. The predicted molar refractivity (Wildman–Crippen MR) is 112 cm³/mol. The van der Waals surface area contributed by atoms with E-state index in [0.29, 0.717) is 23.7 Å². The number of nitrogens with zero attached hydrogens (tertiary/aromatic N) is 3. The van der Waals surface area contributed by atoms with Crippen molar-refractivity contribution in [2.75, 3.05) is 0 Å². The third kappa shape index (κ3) is 4.44. The maximum absolute atomic E-state index is 11.0. The lowest BCUT2D eigenvalue weighted by Crippen LogP contribution is -2.01. The fraction of sp³-hybridized carbons (Fsp3) is 0.0435. The Bertz CT molecular complexity index is 1190. The number of benzene rings is 3. The van der Waals surface area contributed by atoms with E-state index < -0.39 is 4.92 Å². The monoisotopic (exact) mass is 383 g/mol. The fourth-order valence-electron chi connectivity index (χ4n) is 2.86. The van der Waals surface area contributed by atoms with E-state index in [1.54, 1.807) is 24.3 Å². The van der Waals surface area contributed by atoms with Crippen LogP contribution in [-0.2, 0) is 6.61 Å². The van der Waals surface area contributed by atoms with Crippen LogP contribution >= 0.6 is 0 Å². The number of nitro benzene ring substituents is 1. The van der Waals surface area contributed by atoms with Crippen LogP contribution in [0, 0.1) is 10.1 Å². The van der Waals surface area contributed by atoms with Gasteiger partial charge >= 0.3 is 0 Å². The summed E-state index contributed by atoms with van der Waals surface area (Å²) in [5.41, 5.74) is 3.81. The van der Waals surface area contributed by atoms with Crippen LogP contribution in [0.3, 0.4) is 0 Å². The van der Waals surface area contributed by atoms with Crippen LogP contribution in [0.25, 0.3) is 23.2 Å². The van der Waals surface area contributed by atoms with Gasteiger partial charge in [-0.05, 0) is 29.3 Å². The molecule has 0 bridgehead atoms. The van der Waals surface area contributed by atoms with Crippen LogP contribution < -0.4 is 4.74 Å². The van der Waals surface area contributed by atoms with Crippen LogP contribution in [0.15, 0.2) is 78.9 Å². The van der Waals surface area contributed by atoms with Crippen molar-refractivity contribution >= 4 is 28.9 Å². The van der Waals surface area contributed by atoms with Gasteiger partial charge in [-0.1, -0.05) is 60.7 Å². The molecule has 0 aliphatic rings. The SMILES string of the molecule is O=[N+]([O-])c1cccc(/C=C/c2nc3ccccc3nc2OCc2ccccc2)c1. The zero-order valence-corrected chi connectivity index (χ0v) is 15.4. The summed E-state index contributed by atoms with van der Waals surface area (Å²) in [6, 6.07) is 23.8. The van der Waals surface area contributed by atoms with Crippen molar-refractivity contribution in [1.29, 1.82) is 0 Å². The topological polar surface area (TPSA) is 78.2 Å². The van der Waals surface area contributed by atoms with Crippen molar-refractivity contribution in [3.05, 3.63) is 106 Å². The zero-order valence-electron chi connectivity index (χ0n) is 15.4. The highest BCUT2D eigenvalue weighted by molar-refractivity contribution is 5.79. The molecule has 4 aromatic rings. The summed E-state index contributed by atoms with van der Waals surface area (Å²) in [5.74, 6) is 0.411. The standard InChI is InChI=1S/C23H17N3O3/c27-26(28)19-10-6-9-17(15-19)13-14-22-23(29-16-18-7-2-1-3-8-18)25-21-12-5-4-11-20(21)24-22/h1-15H,16H2/b14-13+. The van der Waals surface area contributed by atoms with Gasteiger partial charge < -0.3 is 4.74 Å². The molecule has 0 aliphatic carbocycles. The number of nitro groups is 1. The van der Waals surface area contributed by atoms with Crippen LogP contribution in [0.4, 0.5) is 5.69 Å². The van der Waals surface area contributed by atoms with E-state index in [4.69, 9.17) is 4.74 Å². The van der Waals surface area contributed by atoms with Gasteiger partial charge in [-0.2, -0.15) is 0 Å². The van der Waals surface area contributed by atoms with Crippen molar-refractivity contribution in [3.63, 3.8) is 0 Å². The molecule has 0 amide bonds. The molecule has 0 atom stereocenters. The minimum Gasteiger partial charge on any atom is -0.471 e. The summed E-state index contributed by atoms with van der Waals surface area (Å²) >= 11 is 0. The summed E-state index contributed by atoms with van der Waals surface area (Å²) in [4.78, 5) is 19.8. The molecule has 3 aromatic carbocycles. The Hall–Kier alpha value is -4.06. The molecule has 0 fully saturated rings. The van der Waals surface area contributed by atoms with Crippen molar-refractivity contribution in [2.45, 2.75) is 6.61 Å². The average Bonchev–Trinajstić information content (AvgIpc) is 2.77. The minimum atomic E-state index is -0.415. The lowest BCUT2D eigenvalue weighted by atomic mass is 10.1. The molecule has 1 aromatic heterocycles. The molecule has 142 valence electrons. The Kier molecular flexibility index (Phi) is 5.25. The van der Waals surface area contributed by atoms with Gasteiger partial charge in [-0.3, -0.25) is 10.1 Å². The van der Waals surface area contributed by atoms with Crippen molar-refractivity contribution in [1.82, 2.24) is 9.97 Å². The van der Waals surface area contributed by atoms with Gasteiger partial charge in [0.15, 0.2) is 0 Å². The lowest BCUT2D eigenvalue weighted by Gasteiger charge is -2.09. The largest absolute Gasteiger partial charge is 0.471 e. The Morgan fingerprint density at radius 3 is 2.34 bits per heavy atom. The fourth-order valence-corrected chi connectivity index (χ4v) is 2.86. The Morgan fingerprint density at radius 1 is 0.862 bits per heavy atom. The zero-order chi connectivity index (χ0) is 20.1. The van der Waals surface area contributed by atoms with E-state index in [0.717, 1.165) is 16.6 Å². The van der Waals surface area contributed by atoms with Gasteiger partial charge in [0, 0.05) is 12.1 Å². The first-order valence-corrected chi connectivity index (χ1v) is 9.05. The summed E-state index contributed by atoms with van der Waals surface area (Å²) < 4.78 is 5.95. The number of hydrogen-bond donors (Lipinski definition) is 0. The minimum absolute atomic E-state index is 0.0392. The van der Waals surface area contributed by atoms with E-state index in [9.17, 15) is 10.1 Å². The first-order valence-electron chi connectivity index (χ1n) is 9.05. The van der Waals surface area contributed by atoms with Gasteiger partial charge in [0.05, 0.1) is 16.0 Å². The smallest absolute Gasteiger partial charge is 0.270 e. The van der Waals surface area contributed by atoms with Crippen LogP contribution in [0.2, 0.25) is 0 Å². The van der Waals surface area contributed by atoms with Crippen LogP contribution in [0.5, 0.6) is 5.88 Å². The molecule has 0 unspecified atom stereocenters. The maximum Gasteiger partial charge on any atom is 0.270 e. The lowest BCUT2D eigenvalue weighted by molar-refractivity contribution is -0.384. The van der Waals surface area contributed by atoms with E-state index >= 15 is 0 Å². The third-order valence-electron chi connectivity index (χ3n) is 4.30. The average molecular weight is 383 g/mol. The number of fused-ring (bicyclic) bond motifs is 1. The highest BCUT2D eigenvalue weighted by atomic mass is 16.6. The maximum atomic E-state index is 11.0. The molecule has 0 N–H and O–H groups in total. The van der Waals surface area contributed by atoms with Gasteiger partial charge in [-0.15, -0.1) is 0 Å². The second-order valence-electron chi connectivity index (χ2n) is 6.36. The second kappa shape index (κ2) is 8.31. The number of ether oxygens (including phenoxy) is 1. The molecule has 1 heterocycles. The summed E-state index contributed by atoms with van der Waals surface area (Å²) in [6.07, 6.45) is 3.53. The van der Waals surface area contributed by atoms with E-state index in [-0.39, 0.29) is 5.69 Å². The highest BCUT2D eigenvalue weighted by Gasteiger charge is 2.09. The van der Waals surface area contributed by atoms with E-state index in [2.05, 4.69) is 9.97 Å². The Balaban J connectivity index is 1.67. The molecule has 4 rings (SSSR count). The summed E-state index contributed by atoms with van der Waals surface area (Å²) in [7, 11) is 0. The summed E-state index contributed by atoms with van der Waals surface area (Å²) in [5, 5.41) is 11.0. The number of non-ortho nitro benzene ring substituents is 1. The molecule has 6 nitrogen and oxygen atoms in total. The van der Waals surface area contributed by atoms with Crippen LogP contribution in [0.1, 0.15) is 16.8 Å². The molecule has 0 saturated carbocycles. The van der Waals surface area contributed by atoms with E-state index in [1.165, 1.54) is 12.1 Å². The molecular formula is C23H17N3O3. The Labute approximate surface area is 167 Å². The normalized spacial score (nSPS) is 11.0. The van der Waals surface area contributed by atoms with Gasteiger partial charge in [0.25, 0.3) is 5.69 Å². The highest BCUT2D eigenvalue weighted by Crippen LogP contribution is 2.23. The van der Waals surface area contributed by atoms with Crippen molar-refractivity contribution in [3.8, 4) is 5.88 Å². The first-order chi connectivity index (χ1) is 14.2. The van der Waals surface area contributed by atoms with E-state index in [1.807, 2.05) is 54.6 Å². The second-order valence-corrected chi connectivity index (χ2v) is 6.36. The predicted octanol–water partition coefficient (Wildman–Crippen LogP) is 5.29. The van der Waals surface area contributed by atoms with Gasteiger partial charge in [0.2, 0.25) is 5.88 Å². The molecule has 29 heavy (non-hydrogen) atoms. The number of aromatic nitrogens is 2. The van der Waals surface area contributed by atoms with Crippen LogP contribution in [-0.4, -0.2) is 14.9 Å². The molecule has 0 saturated heterocycles. The van der Waals surface area contributed by atoms with Gasteiger partial charge in [-0.25, -0.2) is 9.97 Å². The van der Waals surface area contributed by atoms with Gasteiger partial charge in [0.1, 0.15) is 12.3 Å². The Morgan fingerprint density at radius 2 is 1.59 bits per heavy atom. The molecular weight excluding hydrogens is 366 g/mol. The molecule has 0 radical (unpaired) electrons. The van der Waals surface area contributed by atoms with Crippen molar-refractivity contribution in [2.24, 2.45) is 0 Å². The first kappa shape index (κ1) is 18.3. The molecule has 6 heteroatoms. The van der Waals surface area contributed by atoms with Crippen molar-refractivity contribution < 1.29 is 9.66 Å². The quantitative estimate of drug-likeness (QED) is 0.334. The molecule has 0 spiro atoms.